The SMILES string of the molecule is CCc1nccn1-c1ccc(C(=O)N[C@@H]2CCS(=O)(=O)C2)cn1. The highest BCUT2D eigenvalue weighted by molar-refractivity contribution is 7.91. The first kappa shape index (κ1) is 15.7. The lowest BCUT2D eigenvalue weighted by Crippen LogP contribution is -2.35. The van der Waals surface area contributed by atoms with Crippen LogP contribution in [0.5, 0.6) is 0 Å². The van der Waals surface area contributed by atoms with Gasteiger partial charge in [-0.05, 0) is 18.6 Å². The molecule has 1 aliphatic heterocycles. The van der Waals surface area contributed by atoms with E-state index in [0.717, 1.165) is 12.2 Å². The molecule has 0 bridgehead atoms. The number of nitrogens with one attached hydrogen (secondary N) is 1. The first-order valence-corrected chi connectivity index (χ1v) is 9.30. The number of aromatic nitrogens is 3. The van der Waals surface area contributed by atoms with Crippen molar-refractivity contribution < 1.29 is 13.2 Å². The maximum atomic E-state index is 12.2. The van der Waals surface area contributed by atoms with Crippen LogP contribution in [0.1, 0.15) is 29.5 Å². The van der Waals surface area contributed by atoms with Crippen LogP contribution in [0.4, 0.5) is 0 Å². The van der Waals surface area contributed by atoms with E-state index in [9.17, 15) is 13.2 Å². The fraction of sp³-hybridized carbons (Fsp3) is 0.400. The Labute approximate surface area is 134 Å². The molecule has 0 unspecified atom stereocenters. The molecule has 1 fully saturated rings. The number of nitrogens with zero attached hydrogens (tertiary/aromatic N) is 3. The monoisotopic (exact) mass is 334 g/mol. The van der Waals surface area contributed by atoms with Crippen molar-refractivity contribution >= 4 is 15.7 Å². The molecule has 23 heavy (non-hydrogen) atoms. The third-order valence-corrected chi connectivity index (χ3v) is 5.63. The molecule has 8 heteroatoms. The van der Waals surface area contributed by atoms with Gasteiger partial charge in [0.1, 0.15) is 11.6 Å². The van der Waals surface area contributed by atoms with E-state index < -0.39 is 9.84 Å². The van der Waals surface area contributed by atoms with E-state index in [0.29, 0.717) is 17.8 Å². The quantitative estimate of drug-likeness (QED) is 0.890. The Balaban J connectivity index is 1.71. The van der Waals surface area contributed by atoms with Crippen molar-refractivity contribution in [2.75, 3.05) is 11.5 Å². The predicted molar refractivity (Wildman–Crippen MR) is 85.3 cm³/mol. The molecule has 0 radical (unpaired) electrons. The largest absolute Gasteiger partial charge is 0.348 e. The summed E-state index contributed by atoms with van der Waals surface area (Å²) in [6.45, 7) is 2.01. The normalized spacial score (nSPS) is 19.6. The molecule has 1 saturated heterocycles. The molecule has 3 heterocycles. The van der Waals surface area contributed by atoms with Crippen molar-refractivity contribution in [2.45, 2.75) is 25.8 Å². The lowest BCUT2D eigenvalue weighted by Gasteiger charge is -2.11. The van der Waals surface area contributed by atoms with Gasteiger partial charge in [0, 0.05) is 31.1 Å². The van der Waals surface area contributed by atoms with Crippen molar-refractivity contribution in [1.29, 1.82) is 0 Å². The molecule has 0 spiro atoms. The number of imidazole rings is 1. The molecular formula is C15H18N4O3S. The minimum atomic E-state index is -3.01. The average Bonchev–Trinajstić information content (AvgIpc) is 3.13. The van der Waals surface area contributed by atoms with Crippen molar-refractivity contribution in [1.82, 2.24) is 19.9 Å². The molecule has 2 aromatic heterocycles. The summed E-state index contributed by atoms with van der Waals surface area (Å²) in [6, 6.07) is 3.12. The van der Waals surface area contributed by atoms with E-state index >= 15 is 0 Å². The van der Waals surface area contributed by atoms with Crippen LogP contribution < -0.4 is 5.32 Å². The number of hydrogen-bond donors (Lipinski definition) is 1. The molecule has 122 valence electrons. The number of amides is 1. The summed E-state index contributed by atoms with van der Waals surface area (Å²) < 4.78 is 24.7. The van der Waals surface area contributed by atoms with Gasteiger partial charge in [0.2, 0.25) is 0 Å². The van der Waals surface area contributed by atoms with Gasteiger partial charge in [-0.3, -0.25) is 9.36 Å². The molecule has 3 rings (SSSR count). The summed E-state index contributed by atoms with van der Waals surface area (Å²) in [4.78, 5) is 20.7. The summed E-state index contributed by atoms with van der Waals surface area (Å²) in [5.41, 5.74) is 0.413. The number of pyridine rings is 1. The molecule has 0 saturated carbocycles. The van der Waals surface area contributed by atoms with Crippen LogP contribution in [-0.4, -0.2) is 46.4 Å². The summed E-state index contributed by atoms with van der Waals surface area (Å²) in [7, 11) is -3.01. The predicted octanol–water partition coefficient (Wildman–Crippen LogP) is 0.747. The summed E-state index contributed by atoms with van der Waals surface area (Å²) in [5.74, 6) is 1.44. The van der Waals surface area contributed by atoms with Crippen molar-refractivity contribution in [3.05, 3.63) is 42.1 Å². The van der Waals surface area contributed by atoms with E-state index in [-0.39, 0.29) is 23.5 Å². The van der Waals surface area contributed by atoms with E-state index in [4.69, 9.17) is 0 Å². The first-order chi connectivity index (χ1) is 11.0. The topological polar surface area (TPSA) is 94.0 Å². The number of carbonyl (C=O) groups is 1. The first-order valence-electron chi connectivity index (χ1n) is 7.48. The summed E-state index contributed by atoms with van der Waals surface area (Å²) >= 11 is 0. The number of rotatable bonds is 4. The molecule has 2 aromatic rings. The van der Waals surface area contributed by atoms with E-state index in [1.807, 2.05) is 17.7 Å². The standard InChI is InChI=1S/C15H18N4O3S/c1-2-13-16-6-7-19(13)14-4-3-11(9-17-14)15(20)18-12-5-8-23(21,22)10-12/h3-4,6-7,9,12H,2,5,8,10H2,1H3,(H,18,20)/t12-/m1/s1. The van der Waals surface area contributed by atoms with Gasteiger partial charge in [-0.2, -0.15) is 0 Å². The smallest absolute Gasteiger partial charge is 0.253 e. The van der Waals surface area contributed by atoms with Crippen LogP contribution in [0.2, 0.25) is 0 Å². The Morgan fingerprint density at radius 3 is 2.83 bits per heavy atom. The zero-order chi connectivity index (χ0) is 16.4. The maximum Gasteiger partial charge on any atom is 0.253 e. The van der Waals surface area contributed by atoms with Crippen LogP contribution in [-0.2, 0) is 16.3 Å². The van der Waals surface area contributed by atoms with Gasteiger partial charge < -0.3 is 5.32 Å². The lowest BCUT2D eigenvalue weighted by atomic mass is 10.2. The summed E-state index contributed by atoms with van der Waals surface area (Å²) in [5, 5.41) is 2.75. The summed E-state index contributed by atoms with van der Waals surface area (Å²) in [6.07, 6.45) is 6.28. The van der Waals surface area contributed by atoms with Crippen molar-refractivity contribution in [2.24, 2.45) is 0 Å². The van der Waals surface area contributed by atoms with E-state index in [1.54, 1.807) is 18.3 Å². The van der Waals surface area contributed by atoms with Gasteiger partial charge in [0.25, 0.3) is 5.91 Å². The molecule has 1 atom stereocenters. The van der Waals surface area contributed by atoms with Crippen LogP contribution in [0.3, 0.4) is 0 Å². The van der Waals surface area contributed by atoms with E-state index in [1.165, 1.54) is 6.20 Å². The van der Waals surface area contributed by atoms with Gasteiger partial charge >= 0.3 is 0 Å². The van der Waals surface area contributed by atoms with Gasteiger partial charge in [-0.15, -0.1) is 0 Å². The van der Waals surface area contributed by atoms with Crippen molar-refractivity contribution in [3.8, 4) is 5.82 Å². The van der Waals surface area contributed by atoms with Gasteiger partial charge in [0.05, 0.1) is 17.1 Å². The molecule has 0 aromatic carbocycles. The minimum Gasteiger partial charge on any atom is -0.348 e. The van der Waals surface area contributed by atoms with Gasteiger partial charge in [-0.25, -0.2) is 18.4 Å². The Hall–Kier alpha value is -2.22. The molecule has 7 nitrogen and oxygen atoms in total. The second-order valence-electron chi connectivity index (χ2n) is 5.55. The van der Waals surface area contributed by atoms with E-state index in [2.05, 4.69) is 15.3 Å². The highest BCUT2D eigenvalue weighted by atomic mass is 32.2. The molecule has 1 N–H and O–H groups in total. The minimum absolute atomic E-state index is 0.0130. The lowest BCUT2D eigenvalue weighted by molar-refractivity contribution is 0.0941. The van der Waals surface area contributed by atoms with Crippen molar-refractivity contribution in [3.63, 3.8) is 0 Å². The van der Waals surface area contributed by atoms with Gasteiger partial charge in [0.15, 0.2) is 9.84 Å². The fourth-order valence-corrected chi connectivity index (χ4v) is 4.32. The second kappa shape index (κ2) is 6.11. The molecule has 0 aliphatic carbocycles. The molecular weight excluding hydrogens is 316 g/mol. The Morgan fingerprint density at radius 2 is 2.22 bits per heavy atom. The Morgan fingerprint density at radius 1 is 1.39 bits per heavy atom. The highest BCUT2D eigenvalue weighted by Gasteiger charge is 2.29. The average molecular weight is 334 g/mol. The van der Waals surface area contributed by atoms with Crippen LogP contribution in [0.15, 0.2) is 30.7 Å². The highest BCUT2D eigenvalue weighted by Crippen LogP contribution is 2.13. The fourth-order valence-electron chi connectivity index (χ4n) is 2.64. The third kappa shape index (κ3) is 3.42. The molecule has 1 amide bonds. The maximum absolute atomic E-state index is 12.2. The number of sulfone groups is 1. The zero-order valence-corrected chi connectivity index (χ0v) is 13.6. The Bertz CT molecular complexity index is 812. The number of carbonyl (C=O) groups excluding carboxylic acids is 1. The second-order valence-corrected chi connectivity index (χ2v) is 7.77. The van der Waals surface area contributed by atoms with Gasteiger partial charge in [-0.1, -0.05) is 6.92 Å². The van der Waals surface area contributed by atoms with Crippen LogP contribution in [0, 0.1) is 0 Å². The van der Waals surface area contributed by atoms with Crippen LogP contribution in [0.25, 0.3) is 5.82 Å². The number of aryl methyl sites for hydroxylation is 1. The number of hydrogen-bond acceptors (Lipinski definition) is 5. The molecule has 1 aliphatic rings. The van der Waals surface area contributed by atoms with Crippen LogP contribution >= 0.6 is 0 Å². The zero-order valence-electron chi connectivity index (χ0n) is 12.8. The third-order valence-electron chi connectivity index (χ3n) is 3.86. The Kier molecular flexibility index (Phi) is 4.16.